The predicted octanol–water partition coefficient (Wildman–Crippen LogP) is 0.975. The van der Waals surface area contributed by atoms with E-state index in [0.29, 0.717) is 31.4 Å². The number of benzene rings is 2. The van der Waals surface area contributed by atoms with Gasteiger partial charge in [-0.3, -0.25) is 14.4 Å². The quantitative estimate of drug-likeness (QED) is 0.312. The van der Waals surface area contributed by atoms with Gasteiger partial charge in [-0.2, -0.15) is 0 Å². The number of nitrogens with zero attached hydrogens (tertiary/aromatic N) is 1. The van der Waals surface area contributed by atoms with E-state index in [1.165, 1.54) is 17.0 Å². The van der Waals surface area contributed by atoms with E-state index in [0.717, 1.165) is 18.5 Å². The summed E-state index contributed by atoms with van der Waals surface area (Å²) in [6.45, 7) is 1.09. The number of rotatable bonds is 10. The molecule has 4 atom stereocenters. The first kappa shape index (κ1) is 27.1. The van der Waals surface area contributed by atoms with Crippen LogP contribution >= 0.6 is 0 Å². The molecule has 2 heterocycles. The second-order valence-corrected chi connectivity index (χ2v) is 9.86. The third-order valence-electron chi connectivity index (χ3n) is 7.10. The normalized spacial score (nSPS) is 20.5. The monoisotopic (exact) mass is 522 g/mol. The van der Waals surface area contributed by atoms with Crippen LogP contribution in [0.5, 0.6) is 5.75 Å². The molecule has 0 radical (unpaired) electrons. The Hall–Kier alpha value is -3.92. The Labute approximate surface area is 221 Å². The third kappa shape index (κ3) is 6.89. The molecule has 0 bridgehead atoms. The van der Waals surface area contributed by atoms with Crippen LogP contribution in [-0.4, -0.2) is 76.1 Å². The summed E-state index contributed by atoms with van der Waals surface area (Å²) in [6, 6.07) is 12.2. The molecular weight excluding hydrogens is 488 g/mol. The summed E-state index contributed by atoms with van der Waals surface area (Å²) < 4.78 is 0. The molecule has 2 aliphatic heterocycles. The minimum absolute atomic E-state index is 0.0309. The summed E-state index contributed by atoms with van der Waals surface area (Å²) >= 11 is 0. The van der Waals surface area contributed by atoms with Crippen molar-refractivity contribution in [2.24, 2.45) is 0 Å². The van der Waals surface area contributed by atoms with E-state index in [4.69, 9.17) is 0 Å². The number of aliphatic carboxylic acids is 1. The van der Waals surface area contributed by atoms with Crippen LogP contribution in [0.25, 0.3) is 0 Å². The molecule has 0 aromatic heterocycles. The molecule has 2 saturated heterocycles. The van der Waals surface area contributed by atoms with E-state index >= 15 is 0 Å². The molecule has 10 heteroatoms. The molecule has 3 amide bonds. The highest BCUT2D eigenvalue weighted by Crippen LogP contribution is 2.21. The first-order chi connectivity index (χ1) is 18.3. The number of nitrogens with one attached hydrogen (secondary N) is 3. The van der Waals surface area contributed by atoms with Crippen LogP contribution in [0.4, 0.5) is 0 Å². The lowest BCUT2D eigenvalue weighted by Crippen LogP contribution is -2.57. The van der Waals surface area contributed by atoms with Gasteiger partial charge in [0.1, 0.15) is 23.9 Å². The van der Waals surface area contributed by atoms with Crippen molar-refractivity contribution in [1.29, 1.82) is 0 Å². The summed E-state index contributed by atoms with van der Waals surface area (Å²) in [5.74, 6) is -2.27. The van der Waals surface area contributed by atoms with Gasteiger partial charge in [0.25, 0.3) is 0 Å². The summed E-state index contributed by atoms with van der Waals surface area (Å²) in [6.07, 6.45) is 2.89. The van der Waals surface area contributed by atoms with Crippen molar-refractivity contribution in [2.45, 2.75) is 62.7 Å². The third-order valence-corrected chi connectivity index (χ3v) is 7.10. The SMILES string of the molecule is O=C(O)C(Cc1ccc(O)cc1)NC(=O)C1CCCN1C(=O)C(Cc1ccccc1)NC(=O)C1CCCN1. The van der Waals surface area contributed by atoms with Crippen LogP contribution in [0.1, 0.15) is 36.8 Å². The lowest BCUT2D eigenvalue weighted by atomic mass is 10.0. The molecule has 4 rings (SSSR count). The van der Waals surface area contributed by atoms with Gasteiger partial charge in [-0.15, -0.1) is 0 Å². The fourth-order valence-electron chi connectivity index (χ4n) is 5.07. The van der Waals surface area contributed by atoms with E-state index in [-0.39, 0.29) is 36.4 Å². The van der Waals surface area contributed by atoms with Gasteiger partial charge >= 0.3 is 5.97 Å². The molecule has 0 spiro atoms. The predicted molar refractivity (Wildman–Crippen MR) is 139 cm³/mol. The number of carbonyl (C=O) groups is 4. The van der Waals surface area contributed by atoms with Crippen LogP contribution in [0, 0.1) is 0 Å². The van der Waals surface area contributed by atoms with E-state index in [2.05, 4.69) is 16.0 Å². The molecule has 2 aromatic carbocycles. The molecule has 2 aromatic rings. The lowest BCUT2D eigenvalue weighted by molar-refractivity contribution is -0.144. The summed E-state index contributed by atoms with van der Waals surface area (Å²) in [7, 11) is 0. The van der Waals surface area contributed by atoms with Crippen molar-refractivity contribution in [1.82, 2.24) is 20.9 Å². The highest BCUT2D eigenvalue weighted by atomic mass is 16.4. The van der Waals surface area contributed by atoms with Crippen LogP contribution in [0.15, 0.2) is 54.6 Å². The molecule has 38 heavy (non-hydrogen) atoms. The van der Waals surface area contributed by atoms with Crippen molar-refractivity contribution in [3.05, 3.63) is 65.7 Å². The first-order valence-corrected chi connectivity index (χ1v) is 13.0. The van der Waals surface area contributed by atoms with Gasteiger partial charge in [0.05, 0.1) is 6.04 Å². The Morgan fingerprint density at radius 3 is 2.18 bits per heavy atom. The Bertz CT molecular complexity index is 1130. The number of likely N-dealkylation sites (tertiary alicyclic amines) is 1. The average Bonchev–Trinajstić information content (AvgIpc) is 3.62. The summed E-state index contributed by atoms with van der Waals surface area (Å²) in [5.41, 5.74) is 1.52. The number of hydrogen-bond acceptors (Lipinski definition) is 6. The van der Waals surface area contributed by atoms with Crippen molar-refractivity contribution in [2.75, 3.05) is 13.1 Å². The van der Waals surface area contributed by atoms with Gasteiger partial charge in [0.15, 0.2) is 0 Å². The highest BCUT2D eigenvalue weighted by Gasteiger charge is 2.39. The maximum atomic E-state index is 13.7. The molecule has 5 N–H and O–H groups in total. The second kappa shape index (κ2) is 12.6. The Morgan fingerprint density at radius 2 is 1.53 bits per heavy atom. The van der Waals surface area contributed by atoms with Gasteiger partial charge in [-0.05, 0) is 55.5 Å². The van der Waals surface area contributed by atoms with Crippen LogP contribution in [0.3, 0.4) is 0 Å². The fraction of sp³-hybridized carbons (Fsp3) is 0.429. The average molecular weight is 523 g/mol. The Balaban J connectivity index is 1.47. The number of phenols is 1. The smallest absolute Gasteiger partial charge is 0.326 e. The van der Waals surface area contributed by atoms with E-state index in [9.17, 15) is 29.4 Å². The topological polar surface area (TPSA) is 148 Å². The second-order valence-electron chi connectivity index (χ2n) is 9.86. The van der Waals surface area contributed by atoms with Gasteiger partial charge < -0.3 is 31.1 Å². The molecule has 0 aliphatic carbocycles. The molecule has 202 valence electrons. The van der Waals surface area contributed by atoms with Gasteiger partial charge in [-0.1, -0.05) is 42.5 Å². The standard InChI is InChI=1S/C28H34N4O6/c33-20-12-10-19(11-13-20)17-23(28(37)38)31-26(35)24-9-5-15-32(24)27(36)22(16-18-6-2-1-3-7-18)30-25(34)21-8-4-14-29-21/h1-3,6-7,10-13,21-24,29,33H,4-5,8-9,14-17H2,(H,30,34)(H,31,35)(H,37,38). The number of amides is 3. The summed E-state index contributed by atoms with van der Waals surface area (Å²) in [5, 5.41) is 27.8. The molecule has 2 aliphatic rings. The lowest BCUT2D eigenvalue weighted by Gasteiger charge is -2.30. The van der Waals surface area contributed by atoms with Crippen molar-refractivity contribution >= 4 is 23.7 Å². The highest BCUT2D eigenvalue weighted by molar-refractivity contribution is 5.94. The Morgan fingerprint density at radius 1 is 0.868 bits per heavy atom. The molecule has 2 fully saturated rings. The fourth-order valence-corrected chi connectivity index (χ4v) is 5.07. The number of carbonyl (C=O) groups excluding carboxylic acids is 3. The summed E-state index contributed by atoms with van der Waals surface area (Å²) in [4.78, 5) is 53.2. The van der Waals surface area contributed by atoms with Crippen molar-refractivity contribution < 1.29 is 29.4 Å². The van der Waals surface area contributed by atoms with Gasteiger partial charge in [0, 0.05) is 19.4 Å². The molecule has 4 unspecified atom stereocenters. The van der Waals surface area contributed by atoms with Crippen LogP contribution < -0.4 is 16.0 Å². The first-order valence-electron chi connectivity index (χ1n) is 13.0. The molecular formula is C28H34N4O6. The zero-order valence-electron chi connectivity index (χ0n) is 21.1. The van der Waals surface area contributed by atoms with E-state index < -0.39 is 30.0 Å². The van der Waals surface area contributed by atoms with Gasteiger partial charge in [-0.25, -0.2) is 4.79 Å². The number of phenolic OH excluding ortho intramolecular Hbond substituents is 1. The maximum Gasteiger partial charge on any atom is 0.326 e. The zero-order valence-corrected chi connectivity index (χ0v) is 21.1. The molecule has 10 nitrogen and oxygen atoms in total. The number of aromatic hydroxyl groups is 1. The minimum atomic E-state index is -1.20. The largest absolute Gasteiger partial charge is 0.508 e. The zero-order chi connectivity index (χ0) is 27.1. The minimum Gasteiger partial charge on any atom is -0.508 e. The van der Waals surface area contributed by atoms with Crippen LogP contribution in [-0.2, 0) is 32.0 Å². The number of carboxylic acids is 1. The van der Waals surface area contributed by atoms with E-state index in [1.807, 2.05) is 30.3 Å². The molecule has 0 saturated carbocycles. The maximum absolute atomic E-state index is 13.7. The number of hydrogen-bond donors (Lipinski definition) is 5. The van der Waals surface area contributed by atoms with Crippen LogP contribution in [0.2, 0.25) is 0 Å². The van der Waals surface area contributed by atoms with Crippen molar-refractivity contribution in [3.63, 3.8) is 0 Å². The number of carboxylic acid groups (broad SMARTS) is 1. The Kier molecular flexibility index (Phi) is 8.96. The van der Waals surface area contributed by atoms with Crippen molar-refractivity contribution in [3.8, 4) is 5.75 Å². The van der Waals surface area contributed by atoms with E-state index in [1.54, 1.807) is 12.1 Å². The van der Waals surface area contributed by atoms with Gasteiger partial charge in [0.2, 0.25) is 17.7 Å².